The summed E-state index contributed by atoms with van der Waals surface area (Å²) in [6.45, 7) is 5.61. The average molecular weight is 438 g/mol. The number of pyridine rings is 2. The number of benzene rings is 1. The Morgan fingerprint density at radius 3 is 2.65 bits per heavy atom. The van der Waals surface area contributed by atoms with Gasteiger partial charge in [0, 0.05) is 58.7 Å². The van der Waals surface area contributed by atoms with Gasteiger partial charge in [-0.3, -0.25) is 14.6 Å². The van der Waals surface area contributed by atoms with Crippen molar-refractivity contribution in [3.63, 3.8) is 0 Å². The van der Waals surface area contributed by atoms with Crippen molar-refractivity contribution in [3.05, 3.63) is 81.0 Å². The number of hydrogen-bond acceptors (Lipinski definition) is 6. The van der Waals surface area contributed by atoms with Crippen LogP contribution >= 0.6 is 11.8 Å². The number of ether oxygens (including phenoxy) is 2. The number of carbonyl (C=O) groups excluding carboxylic acids is 1. The zero-order valence-corrected chi connectivity index (χ0v) is 18.6. The molecule has 1 amide bonds. The van der Waals surface area contributed by atoms with Crippen LogP contribution in [0.5, 0.6) is 11.5 Å². The zero-order valence-electron chi connectivity index (χ0n) is 17.7. The second kappa shape index (κ2) is 8.11. The second-order valence-corrected chi connectivity index (χ2v) is 8.31. The van der Waals surface area contributed by atoms with Crippen molar-refractivity contribution in [2.24, 2.45) is 0 Å². The first-order chi connectivity index (χ1) is 14.8. The number of aromatic amines is 1. The molecule has 0 bridgehead atoms. The van der Waals surface area contributed by atoms with Crippen LogP contribution in [-0.4, -0.2) is 22.1 Å². The van der Waals surface area contributed by atoms with Crippen LogP contribution in [0.1, 0.15) is 39.7 Å². The number of nitrogens with one attached hydrogen (secondary N) is 2. The molecule has 3 heterocycles. The van der Waals surface area contributed by atoms with Crippen molar-refractivity contribution in [3.8, 4) is 11.5 Å². The SMILES string of the molecule is CSc1cc(C)[nH]c(=O)c1CNC(=O)c1ccc2c(c1C)OC(C)(c1ccncc1)O2. The fraction of sp³-hybridized carbons (Fsp3) is 0.261. The van der Waals surface area contributed by atoms with Crippen LogP contribution < -0.4 is 20.3 Å². The van der Waals surface area contributed by atoms with E-state index in [1.54, 1.807) is 24.5 Å². The van der Waals surface area contributed by atoms with Crippen LogP contribution in [0.15, 0.2) is 52.4 Å². The van der Waals surface area contributed by atoms with Gasteiger partial charge in [-0.15, -0.1) is 11.8 Å². The summed E-state index contributed by atoms with van der Waals surface area (Å²) in [5.41, 5.74) is 3.10. The van der Waals surface area contributed by atoms with Gasteiger partial charge in [0.1, 0.15) is 0 Å². The van der Waals surface area contributed by atoms with Crippen LogP contribution in [0.25, 0.3) is 0 Å². The average Bonchev–Trinajstić information content (AvgIpc) is 3.12. The van der Waals surface area contributed by atoms with E-state index in [1.807, 2.05) is 45.2 Å². The quantitative estimate of drug-likeness (QED) is 0.592. The van der Waals surface area contributed by atoms with Crippen molar-refractivity contribution in [1.82, 2.24) is 15.3 Å². The molecule has 2 N–H and O–H groups in total. The maximum Gasteiger partial charge on any atom is 0.275 e. The predicted octanol–water partition coefficient (Wildman–Crippen LogP) is 3.68. The lowest BCUT2D eigenvalue weighted by Crippen LogP contribution is -2.31. The molecule has 4 rings (SSSR count). The molecule has 8 heteroatoms. The molecule has 2 aromatic heterocycles. The van der Waals surface area contributed by atoms with Gasteiger partial charge in [0.2, 0.25) is 0 Å². The zero-order chi connectivity index (χ0) is 22.2. The Bertz CT molecular complexity index is 1210. The van der Waals surface area contributed by atoms with Crippen molar-refractivity contribution in [2.75, 3.05) is 6.26 Å². The molecule has 0 saturated heterocycles. The monoisotopic (exact) mass is 437 g/mol. The van der Waals surface area contributed by atoms with E-state index in [1.165, 1.54) is 11.8 Å². The van der Waals surface area contributed by atoms with Gasteiger partial charge in [0.25, 0.3) is 17.3 Å². The highest BCUT2D eigenvalue weighted by atomic mass is 32.2. The Hall–Kier alpha value is -3.26. The molecule has 1 atom stereocenters. The topological polar surface area (TPSA) is 93.3 Å². The van der Waals surface area contributed by atoms with Crippen molar-refractivity contribution in [1.29, 1.82) is 0 Å². The van der Waals surface area contributed by atoms with E-state index in [0.717, 1.165) is 16.2 Å². The van der Waals surface area contributed by atoms with Crippen LogP contribution in [0, 0.1) is 13.8 Å². The molecule has 0 saturated carbocycles. The number of aryl methyl sites for hydroxylation is 1. The summed E-state index contributed by atoms with van der Waals surface area (Å²) in [5.74, 6) is -0.167. The van der Waals surface area contributed by atoms with E-state index in [2.05, 4.69) is 15.3 Å². The smallest absolute Gasteiger partial charge is 0.275 e. The number of thioether (sulfide) groups is 1. The van der Waals surface area contributed by atoms with Crippen LogP contribution in [-0.2, 0) is 12.3 Å². The van der Waals surface area contributed by atoms with E-state index in [9.17, 15) is 9.59 Å². The number of aromatic nitrogens is 2. The summed E-state index contributed by atoms with van der Waals surface area (Å²) in [7, 11) is 0. The molecule has 7 nitrogen and oxygen atoms in total. The molecule has 31 heavy (non-hydrogen) atoms. The first-order valence-corrected chi connectivity index (χ1v) is 11.0. The summed E-state index contributed by atoms with van der Waals surface area (Å²) in [5, 5.41) is 2.86. The summed E-state index contributed by atoms with van der Waals surface area (Å²) in [6, 6.07) is 9.00. The molecule has 3 aromatic rings. The number of H-pyrrole nitrogens is 1. The Morgan fingerprint density at radius 1 is 1.19 bits per heavy atom. The summed E-state index contributed by atoms with van der Waals surface area (Å²) in [6.07, 6.45) is 5.26. The highest BCUT2D eigenvalue weighted by Crippen LogP contribution is 2.46. The van der Waals surface area contributed by atoms with E-state index in [4.69, 9.17) is 9.47 Å². The molecule has 0 aliphatic carbocycles. The van der Waals surface area contributed by atoms with Crippen molar-refractivity contribution in [2.45, 2.75) is 38.0 Å². The lowest BCUT2D eigenvalue weighted by Gasteiger charge is -2.23. The molecule has 0 spiro atoms. The van der Waals surface area contributed by atoms with Gasteiger partial charge in [-0.1, -0.05) is 0 Å². The summed E-state index contributed by atoms with van der Waals surface area (Å²) >= 11 is 1.48. The minimum Gasteiger partial charge on any atom is -0.445 e. The van der Waals surface area contributed by atoms with Crippen LogP contribution in [0.3, 0.4) is 0 Å². The van der Waals surface area contributed by atoms with Crippen LogP contribution in [0.4, 0.5) is 0 Å². The van der Waals surface area contributed by atoms with E-state index >= 15 is 0 Å². The van der Waals surface area contributed by atoms with E-state index in [0.29, 0.717) is 28.2 Å². The number of hydrogen-bond donors (Lipinski definition) is 2. The first-order valence-electron chi connectivity index (χ1n) is 9.79. The minimum absolute atomic E-state index is 0.132. The lowest BCUT2D eigenvalue weighted by molar-refractivity contribution is -0.0683. The highest BCUT2D eigenvalue weighted by molar-refractivity contribution is 7.98. The summed E-state index contributed by atoms with van der Waals surface area (Å²) in [4.78, 5) is 32.9. The fourth-order valence-corrected chi connectivity index (χ4v) is 4.32. The third-order valence-corrected chi connectivity index (χ3v) is 6.10. The summed E-state index contributed by atoms with van der Waals surface area (Å²) < 4.78 is 12.2. The van der Waals surface area contributed by atoms with Gasteiger partial charge >= 0.3 is 0 Å². The minimum atomic E-state index is -0.992. The number of amides is 1. The van der Waals surface area contributed by atoms with Gasteiger partial charge in [0.05, 0.1) is 0 Å². The van der Waals surface area contributed by atoms with Gasteiger partial charge in [-0.05, 0) is 50.4 Å². The Labute approximate surface area is 184 Å². The highest BCUT2D eigenvalue weighted by Gasteiger charge is 2.40. The van der Waals surface area contributed by atoms with Gasteiger partial charge in [-0.2, -0.15) is 0 Å². The number of nitrogens with zero attached hydrogens (tertiary/aromatic N) is 1. The number of rotatable bonds is 5. The molecule has 0 fully saturated rings. The lowest BCUT2D eigenvalue weighted by atomic mass is 10.1. The maximum absolute atomic E-state index is 12.9. The Morgan fingerprint density at radius 2 is 1.94 bits per heavy atom. The molecule has 1 aromatic carbocycles. The second-order valence-electron chi connectivity index (χ2n) is 7.46. The molecular formula is C23H23N3O4S. The van der Waals surface area contributed by atoms with Crippen LogP contribution in [0.2, 0.25) is 0 Å². The standard InChI is InChI=1S/C23H23N3O4S/c1-13-11-19(31-4)17(22(28)26-13)12-25-21(27)16-5-6-18-20(14(16)2)30-23(3,29-18)15-7-9-24-10-8-15/h5-11H,12H2,1-4H3,(H,25,27)(H,26,28). The van der Waals surface area contributed by atoms with Gasteiger partial charge < -0.3 is 19.8 Å². The number of fused-ring (bicyclic) bond motifs is 1. The molecule has 1 unspecified atom stereocenters. The first kappa shape index (κ1) is 21.0. The fourth-order valence-electron chi connectivity index (χ4n) is 3.62. The van der Waals surface area contributed by atoms with Crippen molar-refractivity contribution >= 4 is 17.7 Å². The largest absolute Gasteiger partial charge is 0.445 e. The third kappa shape index (κ3) is 3.90. The maximum atomic E-state index is 12.9. The number of carbonyl (C=O) groups is 1. The van der Waals surface area contributed by atoms with E-state index < -0.39 is 5.79 Å². The molecule has 0 radical (unpaired) electrons. The van der Waals surface area contributed by atoms with Gasteiger partial charge in [0.15, 0.2) is 11.5 Å². The Kier molecular flexibility index (Phi) is 5.49. The Balaban J connectivity index is 1.56. The third-order valence-electron chi connectivity index (χ3n) is 5.30. The van der Waals surface area contributed by atoms with Gasteiger partial charge in [-0.25, -0.2) is 0 Å². The molecule has 1 aliphatic heterocycles. The van der Waals surface area contributed by atoms with E-state index in [-0.39, 0.29) is 18.0 Å². The molecule has 1 aliphatic rings. The van der Waals surface area contributed by atoms with Crippen molar-refractivity contribution < 1.29 is 14.3 Å². The molecule has 160 valence electrons. The molecular weight excluding hydrogens is 414 g/mol. The predicted molar refractivity (Wildman–Crippen MR) is 119 cm³/mol. The normalized spacial score (nSPS) is 16.9.